The second-order valence-corrected chi connectivity index (χ2v) is 8.93. The van der Waals surface area contributed by atoms with Gasteiger partial charge in [0.1, 0.15) is 11.5 Å². The molecule has 1 aliphatic rings. The number of rotatable bonds is 6. The van der Waals surface area contributed by atoms with Crippen LogP contribution in [0, 0.1) is 11.3 Å². The van der Waals surface area contributed by atoms with Gasteiger partial charge >= 0.3 is 0 Å². The fraction of sp³-hybridized carbons (Fsp3) is 0.333. The zero-order valence-electron chi connectivity index (χ0n) is 16.2. The molecule has 152 valence electrons. The highest BCUT2D eigenvalue weighted by atomic mass is 32.2. The van der Waals surface area contributed by atoms with Crippen molar-refractivity contribution in [2.45, 2.75) is 5.75 Å². The van der Waals surface area contributed by atoms with Crippen LogP contribution >= 0.6 is 0 Å². The van der Waals surface area contributed by atoms with E-state index in [2.05, 4.69) is 4.90 Å². The number of hydrogen-bond acceptors (Lipinski definition) is 6. The summed E-state index contributed by atoms with van der Waals surface area (Å²) < 4.78 is 28.7. The lowest BCUT2D eigenvalue weighted by Crippen LogP contribution is -2.48. The van der Waals surface area contributed by atoms with Crippen LogP contribution in [-0.2, 0) is 15.6 Å². The molecule has 0 spiro atoms. The van der Waals surface area contributed by atoms with Crippen molar-refractivity contribution in [3.05, 3.63) is 59.7 Å². The number of benzene rings is 2. The number of ether oxygens (including phenoxy) is 1. The molecular weight excluding hydrogens is 390 g/mol. The number of nitrogens with zero attached hydrogens (tertiary/aromatic N) is 3. The van der Waals surface area contributed by atoms with E-state index in [9.17, 15) is 13.2 Å². The summed E-state index contributed by atoms with van der Waals surface area (Å²) in [7, 11) is -1.81. The first-order valence-corrected chi connectivity index (χ1v) is 11.1. The molecule has 2 aromatic carbocycles. The highest BCUT2D eigenvalue weighted by Crippen LogP contribution is 2.21. The predicted molar refractivity (Wildman–Crippen MR) is 111 cm³/mol. The highest BCUT2D eigenvalue weighted by Gasteiger charge is 2.22. The van der Waals surface area contributed by atoms with E-state index < -0.39 is 15.6 Å². The minimum Gasteiger partial charge on any atom is -0.497 e. The van der Waals surface area contributed by atoms with Crippen molar-refractivity contribution in [2.24, 2.45) is 0 Å². The third-order valence-corrected chi connectivity index (χ3v) is 6.22. The third-order valence-electron chi connectivity index (χ3n) is 4.88. The summed E-state index contributed by atoms with van der Waals surface area (Å²) in [6, 6.07) is 16.1. The standard InChI is InChI=1S/C21H23N3O4S/c1-28-20-8-6-19(7-9-20)23-11-13-24(14-12-23)21(25)18-4-2-17(3-5-18)16-29(26,27)15-10-22/h2-9H,11-16H2,1H3. The van der Waals surface area contributed by atoms with E-state index in [1.54, 1.807) is 42.3 Å². The van der Waals surface area contributed by atoms with Crippen molar-refractivity contribution in [1.29, 1.82) is 5.26 Å². The van der Waals surface area contributed by atoms with Crippen LogP contribution in [0.3, 0.4) is 0 Å². The van der Waals surface area contributed by atoms with Crippen LogP contribution in [0.4, 0.5) is 5.69 Å². The van der Waals surface area contributed by atoms with Gasteiger partial charge in [0.05, 0.1) is 18.9 Å². The van der Waals surface area contributed by atoms with Crippen molar-refractivity contribution < 1.29 is 17.9 Å². The topological polar surface area (TPSA) is 90.7 Å². The summed E-state index contributed by atoms with van der Waals surface area (Å²) >= 11 is 0. The van der Waals surface area contributed by atoms with Crippen molar-refractivity contribution in [3.63, 3.8) is 0 Å². The van der Waals surface area contributed by atoms with Gasteiger partial charge in [-0.1, -0.05) is 12.1 Å². The van der Waals surface area contributed by atoms with Crippen LogP contribution in [0.2, 0.25) is 0 Å². The Bertz CT molecular complexity index is 988. The van der Waals surface area contributed by atoms with Crippen LogP contribution < -0.4 is 9.64 Å². The minimum atomic E-state index is -3.45. The SMILES string of the molecule is COc1ccc(N2CCN(C(=O)c3ccc(CS(=O)(=O)CC#N)cc3)CC2)cc1. The number of carbonyl (C=O) groups is 1. The monoisotopic (exact) mass is 413 g/mol. The molecule has 1 amide bonds. The average Bonchev–Trinajstić information content (AvgIpc) is 2.73. The number of carbonyl (C=O) groups excluding carboxylic acids is 1. The van der Waals surface area contributed by atoms with Gasteiger partial charge in [-0.3, -0.25) is 4.79 Å². The summed E-state index contributed by atoms with van der Waals surface area (Å²) in [6.45, 7) is 2.71. The normalized spacial score (nSPS) is 14.3. The van der Waals surface area contributed by atoms with E-state index in [0.29, 0.717) is 24.2 Å². The van der Waals surface area contributed by atoms with Gasteiger partial charge in [0.2, 0.25) is 0 Å². The van der Waals surface area contributed by atoms with Gasteiger partial charge in [0.25, 0.3) is 5.91 Å². The molecule has 7 nitrogen and oxygen atoms in total. The Balaban J connectivity index is 1.58. The van der Waals surface area contributed by atoms with Gasteiger partial charge in [0.15, 0.2) is 9.84 Å². The maximum Gasteiger partial charge on any atom is 0.253 e. The molecule has 1 fully saturated rings. The second-order valence-electron chi connectivity index (χ2n) is 6.86. The van der Waals surface area contributed by atoms with Crippen molar-refractivity contribution >= 4 is 21.4 Å². The summed E-state index contributed by atoms with van der Waals surface area (Å²) in [5.74, 6) is 0.0408. The number of anilines is 1. The predicted octanol–water partition coefficient (Wildman–Crippen LogP) is 2.10. The molecule has 0 aliphatic carbocycles. The van der Waals surface area contributed by atoms with Crippen LogP contribution in [0.1, 0.15) is 15.9 Å². The fourth-order valence-electron chi connectivity index (χ4n) is 3.29. The van der Waals surface area contributed by atoms with Crippen LogP contribution in [0.15, 0.2) is 48.5 Å². The molecular formula is C21H23N3O4S. The lowest BCUT2D eigenvalue weighted by molar-refractivity contribution is 0.0747. The minimum absolute atomic E-state index is 0.0641. The number of hydrogen-bond donors (Lipinski definition) is 0. The summed E-state index contributed by atoms with van der Waals surface area (Å²) in [6.07, 6.45) is 0. The molecule has 0 aromatic heterocycles. The Morgan fingerprint density at radius 2 is 1.66 bits per heavy atom. The van der Waals surface area contributed by atoms with Gasteiger partial charge in [-0.25, -0.2) is 8.42 Å². The number of sulfone groups is 1. The van der Waals surface area contributed by atoms with Gasteiger partial charge in [-0.2, -0.15) is 5.26 Å². The van der Waals surface area contributed by atoms with Crippen molar-refractivity contribution in [3.8, 4) is 11.8 Å². The van der Waals surface area contributed by atoms with Gasteiger partial charge in [0, 0.05) is 37.4 Å². The summed E-state index contributed by atoms with van der Waals surface area (Å²) in [4.78, 5) is 16.8. The number of amides is 1. The molecule has 1 heterocycles. The molecule has 0 atom stereocenters. The Hall–Kier alpha value is -3.05. The molecule has 3 rings (SSSR count). The maximum absolute atomic E-state index is 12.8. The van der Waals surface area contributed by atoms with Crippen LogP contribution in [0.25, 0.3) is 0 Å². The molecule has 0 saturated carbocycles. The van der Waals surface area contributed by atoms with Crippen LogP contribution in [-0.4, -0.2) is 58.3 Å². The maximum atomic E-state index is 12.8. The number of nitriles is 1. The summed E-state index contributed by atoms with van der Waals surface area (Å²) in [5, 5.41) is 8.57. The third kappa shape index (κ3) is 5.27. The molecule has 1 saturated heterocycles. The summed E-state index contributed by atoms with van der Waals surface area (Å²) in [5.41, 5.74) is 2.20. The molecule has 0 bridgehead atoms. The molecule has 0 radical (unpaired) electrons. The molecule has 1 aliphatic heterocycles. The molecule has 0 unspecified atom stereocenters. The van der Waals surface area contributed by atoms with E-state index in [1.165, 1.54) is 0 Å². The van der Waals surface area contributed by atoms with Gasteiger partial charge < -0.3 is 14.5 Å². The quantitative estimate of drug-likeness (QED) is 0.720. The fourth-order valence-corrected chi connectivity index (χ4v) is 4.29. The van der Waals surface area contributed by atoms with Gasteiger partial charge in [-0.15, -0.1) is 0 Å². The second kappa shape index (κ2) is 8.97. The lowest BCUT2D eigenvalue weighted by atomic mass is 10.1. The Labute approximate surface area is 171 Å². The Morgan fingerprint density at radius 3 is 2.21 bits per heavy atom. The number of methoxy groups -OCH3 is 1. The lowest BCUT2D eigenvalue weighted by Gasteiger charge is -2.36. The molecule has 8 heteroatoms. The van der Waals surface area contributed by atoms with Crippen molar-refractivity contribution in [1.82, 2.24) is 4.90 Å². The van der Waals surface area contributed by atoms with E-state index in [1.807, 2.05) is 24.3 Å². The molecule has 29 heavy (non-hydrogen) atoms. The first-order chi connectivity index (χ1) is 13.9. The van der Waals surface area contributed by atoms with E-state index in [-0.39, 0.29) is 11.7 Å². The first kappa shape index (κ1) is 20.7. The average molecular weight is 413 g/mol. The van der Waals surface area contributed by atoms with E-state index >= 15 is 0 Å². The smallest absolute Gasteiger partial charge is 0.253 e. The van der Waals surface area contributed by atoms with E-state index in [0.717, 1.165) is 24.5 Å². The Kier molecular flexibility index (Phi) is 6.39. The Morgan fingerprint density at radius 1 is 1.03 bits per heavy atom. The molecule has 0 N–H and O–H groups in total. The van der Waals surface area contributed by atoms with Crippen molar-refractivity contribution in [2.75, 3.05) is 43.9 Å². The molecule has 2 aromatic rings. The zero-order chi connectivity index (χ0) is 20.9. The largest absolute Gasteiger partial charge is 0.497 e. The van der Waals surface area contributed by atoms with Gasteiger partial charge in [-0.05, 0) is 42.0 Å². The van der Waals surface area contributed by atoms with E-state index in [4.69, 9.17) is 10.00 Å². The first-order valence-electron chi connectivity index (χ1n) is 9.26. The number of piperazine rings is 1. The zero-order valence-corrected chi connectivity index (χ0v) is 17.1. The van der Waals surface area contributed by atoms with Crippen LogP contribution in [0.5, 0.6) is 5.75 Å². The highest BCUT2D eigenvalue weighted by molar-refractivity contribution is 7.90.